The van der Waals surface area contributed by atoms with Crippen LogP contribution in [0.5, 0.6) is 5.75 Å². The second kappa shape index (κ2) is 8.98. The third-order valence-electron chi connectivity index (χ3n) is 5.05. The number of carbonyl (C=O) groups excluding carboxylic acids is 1. The molecule has 150 valence electrons. The number of hydrogen-bond acceptors (Lipinski definition) is 6. The number of nitrogens with zero attached hydrogens (tertiary/aromatic N) is 3. The minimum atomic E-state index is -0.637. The van der Waals surface area contributed by atoms with E-state index in [1.54, 1.807) is 18.5 Å². The molecule has 0 fully saturated rings. The van der Waals surface area contributed by atoms with Crippen molar-refractivity contribution in [3.8, 4) is 5.75 Å². The summed E-state index contributed by atoms with van der Waals surface area (Å²) in [7, 11) is 0. The highest BCUT2D eigenvalue weighted by Gasteiger charge is 2.19. The van der Waals surface area contributed by atoms with E-state index in [1.165, 1.54) is 11.1 Å². The van der Waals surface area contributed by atoms with E-state index < -0.39 is 6.10 Å². The number of aliphatic hydroxyl groups is 1. The summed E-state index contributed by atoms with van der Waals surface area (Å²) in [6.45, 7) is 2.25. The van der Waals surface area contributed by atoms with Crippen molar-refractivity contribution in [3.05, 3.63) is 66.1 Å². The molecule has 1 aromatic carbocycles. The highest BCUT2D eigenvalue weighted by Crippen LogP contribution is 2.22. The maximum atomic E-state index is 12.1. The number of aliphatic hydroxyl groups excluding tert-OH is 1. The number of hydrogen-bond donors (Lipinski definition) is 2. The lowest BCUT2D eigenvalue weighted by atomic mass is 10.0. The van der Waals surface area contributed by atoms with Crippen molar-refractivity contribution in [3.63, 3.8) is 0 Å². The monoisotopic (exact) mass is 392 g/mol. The molecule has 0 saturated heterocycles. The van der Waals surface area contributed by atoms with Gasteiger partial charge in [-0.2, -0.15) is 0 Å². The van der Waals surface area contributed by atoms with E-state index in [0.29, 0.717) is 12.3 Å². The number of ether oxygens (including phenoxy) is 1. The molecule has 1 atom stereocenters. The number of rotatable bonds is 7. The van der Waals surface area contributed by atoms with Crippen LogP contribution in [-0.2, 0) is 17.8 Å². The van der Waals surface area contributed by atoms with Crippen molar-refractivity contribution in [1.82, 2.24) is 20.2 Å². The number of aromatic nitrogens is 2. The average molecular weight is 392 g/mol. The van der Waals surface area contributed by atoms with Crippen LogP contribution in [0.25, 0.3) is 10.9 Å². The first-order chi connectivity index (χ1) is 14.2. The number of carbonyl (C=O) groups is 1. The summed E-state index contributed by atoms with van der Waals surface area (Å²) in [6, 6.07) is 11.4. The molecule has 0 bridgehead atoms. The summed E-state index contributed by atoms with van der Waals surface area (Å²) in [5, 5.41) is 14.0. The van der Waals surface area contributed by atoms with E-state index in [-0.39, 0.29) is 19.1 Å². The molecular weight excluding hydrogens is 368 g/mol. The summed E-state index contributed by atoms with van der Waals surface area (Å²) in [5.74, 6) is 0.298. The lowest BCUT2D eigenvalue weighted by molar-refractivity contribution is -0.123. The van der Waals surface area contributed by atoms with Gasteiger partial charge in [0.2, 0.25) is 0 Å². The maximum absolute atomic E-state index is 12.1. The van der Waals surface area contributed by atoms with Crippen LogP contribution in [-0.4, -0.2) is 58.2 Å². The van der Waals surface area contributed by atoms with Gasteiger partial charge in [0, 0.05) is 50.2 Å². The highest BCUT2D eigenvalue weighted by molar-refractivity contribution is 5.85. The zero-order chi connectivity index (χ0) is 20.1. The average Bonchev–Trinajstić information content (AvgIpc) is 2.76. The lowest BCUT2D eigenvalue weighted by Crippen LogP contribution is -2.42. The third-order valence-corrected chi connectivity index (χ3v) is 5.05. The van der Waals surface area contributed by atoms with Crippen LogP contribution >= 0.6 is 0 Å². The van der Waals surface area contributed by atoms with Crippen molar-refractivity contribution in [2.45, 2.75) is 19.1 Å². The molecular formula is C22H24N4O3. The fourth-order valence-corrected chi connectivity index (χ4v) is 3.57. The summed E-state index contributed by atoms with van der Waals surface area (Å²) >= 11 is 0. The normalized spacial score (nSPS) is 14.9. The molecule has 0 saturated carbocycles. The number of para-hydroxylation sites is 1. The summed E-state index contributed by atoms with van der Waals surface area (Å²) < 4.78 is 5.63. The Morgan fingerprint density at radius 2 is 2.10 bits per heavy atom. The Labute approximate surface area is 169 Å². The molecule has 29 heavy (non-hydrogen) atoms. The number of benzene rings is 1. The largest absolute Gasteiger partial charge is 0.481 e. The Morgan fingerprint density at radius 3 is 3.03 bits per heavy atom. The Balaban J connectivity index is 1.22. The molecule has 7 nitrogen and oxygen atoms in total. The van der Waals surface area contributed by atoms with E-state index in [1.807, 2.05) is 36.5 Å². The smallest absolute Gasteiger partial charge is 0.258 e. The molecule has 1 aliphatic heterocycles. The molecule has 0 spiro atoms. The van der Waals surface area contributed by atoms with E-state index in [4.69, 9.17) is 4.74 Å². The second-order valence-electron chi connectivity index (χ2n) is 7.21. The van der Waals surface area contributed by atoms with Crippen LogP contribution < -0.4 is 10.1 Å². The number of pyridine rings is 2. The molecule has 1 unspecified atom stereocenters. The first-order valence-corrected chi connectivity index (χ1v) is 9.74. The Hall–Kier alpha value is -3.03. The molecule has 0 radical (unpaired) electrons. The van der Waals surface area contributed by atoms with Crippen LogP contribution in [0.1, 0.15) is 11.1 Å². The summed E-state index contributed by atoms with van der Waals surface area (Å²) in [4.78, 5) is 22.8. The summed E-state index contributed by atoms with van der Waals surface area (Å²) in [5.41, 5.74) is 3.25. The van der Waals surface area contributed by atoms with Crippen molar-refractivity contribution < 1.29 is 14.6 Å². The van der Waals surface area contributed by atoms with Gasteiger partial charge in [-0.1, -0.05) is 18.2 Å². The minimum Gasteiger partial charge on any atom is -0.481 e. The molecule has 4 rings (SSSR count). The van der Waals surface area contributed by atoms with Gasteiger partial charge >= 0.3 is 0 Å². The van der Waals surface area contributed by atoms with Gasteiger partial charge in [0.15, 0.2) is 6.61 Å². The predicted octanol–water partition coefficient (Wildman–Crippen LogP) is 1.54. The lowest BCUT2D eigenvalue weighted by Gasteiger charge is -2.30. The van der Waals surface area contributed by atoms with Crippen LogP contribution in [0.4, 0.5) is 0 Å². The number of β-amino-alcohol motifs (C(OH)–C–C–N with tert-alkyl or cyclic N) is 1. The first-order valence-electron chi connectivity index (χ1n) is 9.74. The molecule has 1 amide bonds. The quantitative estimate of drug-likeness (QED) is 0.634. The van der Waals surface area contributed by atoms with Gasteiger partial charge in [0.05, 0.1) is 6.10 Å². The standard InChI is InChI=1S/C22H24N4O3/c27-19(14-26-10-7-17-11-23-9-6-18(17)13-26)12-25-21(28)15-29-20-5-1-3-16-4-2-8-24-22(16)20/h1-6,8-9,11,19,27H,7,10,12-15H2,(H,25,28). The van der Waals surface area contributed by atoms with Crippen molar-refractivity contribution in [2.24, 2.45) is 0 Å². The van der Waals surface area contributed by atoms with Crippen molar-refractivity contribution >= 4 is 16.8 Å². The van der Waals surface area contributed by atoms with Gasteiger partial charge in [0.1, 0.15) is 11.3 Å². The van der Waals surface area contributed by atoms with Crippen LogP contribution in [0.2, 0.25) is 0 Å². The van der Waals surface area contributed by atoms with Gasteiger partial charge in [-0.15, -0.1) is 0 Å². The Bertz CT molecular complexity index is 989. The van der Waals surface area contributed by atoms with E-state index in [0.717, 1.165) is 30.4 Å². The van der Waals surface area contributed by atoms with E-state index in [2.05, 4.69) is 20.2 Å². The maximum Gasteiger partial charge on any atom is 0.258 e. The molecule has 2 aromatic heterocycles. The highest BCUT2D eigenvalue weighted by atomic mass is 16.5. The van der Waals surface area contributed by atoms with E-state index >= 15 is 0 Å². The fraction of sp³-hybridized carbons (Fsp3) is 0.318. The van der Waals surface area contributed by atoms with Crippen molar-refractivity contribution in [2.75, 3.05) is 26.2 Å². The Morgan fingerprint density at radius 1 is 1.21 bits per heavy atom. The summed E-state index contributed by atoms with van der Waals surface area (Å²) in [6.07, 6.45) is 5.69. The number of amides is 1. The van der Waals surface area contributed by atoms with Gasteiger partial charge in [-0.05, 0) is 35.7 Å². The molecule has 3 heterocycles. The van der Waals surface area contributed by atoms with Crippen LogP contribution in [0, 0.1) is 0 Å². The SMILES string of the molecule is O=C(COc1cccc2cccnc12)NCC(O)CN1CCc2cnccc2C1. The molecule has 7 heteroatoms. The van der Waals surface area contributed by atoms with Gasteiger partial charge < -0.3 is 15.2 Å². The first kappa shape index (κ1) is 19.3. The van der Waals surface area contributed by atoms with Gasteiger partial charge in [-0.3, -0.25) is 19.7 Å². The van der Waals surface area contributed by atoms with Crippen LogP contribution in [0.3, 0.4) is 0 Å². The predicted molar refractivity (Wildman–Crippen MR) is 109 cm³/mol. The molecule has 0 aliphatic carbocycles. The molecule has 1 aliphatic rings. The zero-order valence-corrected chi connectivity index (χ0v) is 16.1. The fourth-order valence-electron chi connectivity index (χ4n) is 3.57. The molecule has 3 aromatic rings. The number of fused-ring (bicyclic) bond motifs is 2. The topological polar surface area (TPSA) is 87.6 Å². The zero-order valence-electron chi connectivity index (χ0n) is 16.1. The minimum absolute atomic E-state index is 0.119. The molecule has 2 N–H and O–H groups in total. The second-order valence-corrected chi connectivity index (χ2v) is 7.21. The third kappa shape index (κ3) is 4.88. The number of nitrogens with one attached hydrogen (secondary N) is 1. The van der Waals surface area contributed by atoms with E-state index in [9.17, 15) is 9.90 Å². The Kier molecular flexibility index (Phi) is 5.97. The van der Waals surface area contributed by atoms with Crippen LogP contribution in [0.15, 0.2) is 55.0 Å². The van der Waals surface area contributed by atoms with Crippen molar-refractivity contribution in [1.29, 1.82) is 0 Å². The van der Waals surface area contributed by atoms with Gasteiger partial charge in [-0.25, -0.2) is 0 Å². The van der Waals surface area contributed by atoms with Gasteiger partial charge in [0.25, 0.3) is 5.91 Å².